The molecule has 4 bridgehead atoms. The Bertz CT molecular complexity index is 471. The molecule has 0 radical (unpaired) electrons. The number of rotatable bonds is 2. The highest BCUT2D eigenvalue weighted by Gasteiger charge is 2.75. The lowest BCUT2D eigenvalue weighted by Crippen LogP contribution is -2.51. The Morgan fingerprint density at radius 1 is 1.18 bits per heavy atom. The molecule has 2 saturated heterocycles. The van der Waals surface area contributed by atoms with E-state index in [1.165, 1.54) is 0 Å². The Hall–Kier alpha value is -0.370. The minimum Gasteiger partial charge on any atom is -0.468 e. The Balaban J connectivity index is 2.08. The minimum absolute atomic E-state index is 0.156. The lowest BCUT2D eigenvalue weighted by atomic mass is 9.82. The van der Waals surface area contributed by atoms with E-state index in [1.807, 2.05) is 13.8 Å². The van der Waals surface area contributed by atoms with Crippen LogP contribution in [0.15, 0.2) is 5.16 Å². The van der Waals surface area contributed by atoms with Gasteiger partial charge in [-0.15, -0.1) is 0 Å². The molecular weight excluding hydrogens is 354 g/mol. The van der Waals surface area contributed by atoms with Crippen LogP contribution >= 0.6 is 15.9 Å². The average molecular weight is 378 g/mol. The molecule has 4 atom stereocenters. The number of oxime groups is 1. The number of alkyl halides is 1. The van der Waals surface area contributed by atoms with E-state index in [2.05, 4.69) is 21.1 Å². The predicted octanol–water partition coefficient (Wildman–Crippen LogP) is 2.79. The van der Waals surface area contributed by atoms with Crippen LogP contribution in [0.5, 0.6) is 0 Å². The number of methoxy groups -OCH3 is 2. The molecule has 0 aromatic heterocycles. The molecule has 0 N–H and O–H groups in total. The van der Waals surface area contributed by atoms with Gasteiger partial charge in [0.1, 0.15) is 16.8 Å². The summed E-state index contributed by atoms with van der Waals surface area (Å²) in [5.41, 5.74) is -0.585. The van der Waals surface area contributed by atoms with E-state index in [0.29, 0.717) is 12.5 Å². The molecule has 0 saturated carbocycles. The number of hydrogen-bond donors (Lipinski definition) is 0. The zero-order valence-corrected chi connectivity index (χ0v) is 15.1. The van der Waals surface area contributed by atoms with Crippen molar-refractivity contribution in [3.05, 3.63) is 0 Å². The highest BCUT2D eigenvalue weighted by atomic mass is 79.9. The molecule has 7 heteroatoms. The molecule has 0 unspecified atom stereocenters. The van der Waals surface area contributed by atoms with Gasteiger partial charge >= 0.3 is 0 Å². The smallest absolute Gasteiger partial charge is 0.237 e. The molecule has 22 heavy (non-hydrogen) atoms. The number of fused-ring (bicyclic) bond motifs is 6. The van der Waals surface area contributed by atoms with E-state index in [4.69, 9.17) is 23.8 Å². The van der Waals surface area contributed by atoms with Gasteiger partial charge in [0.2, 0.25) is 11.7 Å². The van der Waals surface area contributed by atoms with Crippen molar-refractivity contribution in [2.45, 2.75) is 62.0 Å². The first-order valence-electron chi connectivity index (χ1n) is 7.75. The van der Waals surface area contributed by atoms with Crippen LogP contribution in [0.3, 0.4) is 0 Å². The Kier molecular flexibility index (Phi) is 4.21. The standard InChI is InChI=1S/C15H24BrNO5/c1-13(2)12-17-20-9-7-5-6-8-14(18-3)10(16)11(21-12)15(13,19-4)22-14/h10-11H,5-9H2,1-4H3/b17-12-/t10-,11-,14+,15+/m1/s1. The van der Waals surface area contributed by atoms with Crippen LogP contribution in [-0.4, -0.2) is 49.2 Å². The van der Waals surface area contributed by atoms with Crippen molar-refractivity contribution >= 4 is 21.8 Å². The number of ether oxygens (including phenoxy) is 4. The molecule has 126 valence electrons. The van der Waals surface area contributed by atoms with E-state index < -0.39 is 17.0 Å². The molecule has 4 heterocycles. The van der Waals surface area contributed by atoms with E-state index in [9.17, 15) is 0 Å². The van der Waals surface area contributed by atoms with E-state index in [1.54, 1.807) is 14.2 Å². The Morgan fingerprint density at radius 3 is 2.59 bits per heavy atom. The van der Waals surface area contributed by atoms with Gasteiger partial charge in [0.05, 0.1) is 0 Å². The Morgan fingerprint density at radius 2 is 1.95 bits per heavy atom. The van der Waals surface area contributed by atoms with Gasteiger partial charge in [0, 0.05) is 20.6 Å². The second-order valence-corrected chi connectivity index (χ2v) is 7.58. The van der Waals surface area contributed by atoms with Crippen molar-refractivity contribution in [3.63, 3.8) is 0 Å². The van der Waals surface area contributed by atoms with Crippen molar-refractivity contribution in [1.29, 1.82) is 0 Å². The molecule has 0 aliphatic carbocycles. The van der Waals surface area contributed by atoms with E-state index in [0.717, 1.165) is 25.7 Å². The molecule has 4 rings (SSSR count). The van der Waals surface area contributed by atoms with Crippen LogP contribution in [0.25, 0.3) is 0 Å². The van der Waals surface area contributed by atoms with Gasteiger partial charge in [-0.3, -0.25) is 0 Å². The maximum absolute atomic E-state index is 6.44. The summed E-state index contributed by atoms with van der Waals surface area (Å²) < 4.78 is 24.2. The number of halogens is 1. The van der Waals surface area contributed by atoms with E-state index in [-0.39, 0.29) is 10.9 Å². The molecule has 4 aliphatic rings. The fourth-order valence-electron chi connectivity index (χ4n) is 3.64. The summed E-state index contributed by atoms with van der Waals surface area (Å²) in [5, 5.41) is 4.19. The van der Waals surface area contributed by atoms with Crippen molar-refractivity contribution in [2.24, 2.45) is 10.6 Å². The first kappa shape index (κ1) is 16.5. The molecule has 4 aliphatic heterocycles. The van der Waals surface area contributed by atoms with Gasteiger partial charge < -0.3 is 23.8 Å². The topological polar surface area (TPSA) is 58.5 Å². The van der Waals surface area contributed by atoms with Gasteiger partial charge in [-0.25, -0.2) is 0 Å². The monoisotopic (exact) mass is 377 g/mol. The zero-order valence-electron chi connectivity index (χ0n) is 13.6. The fourth-order valence-corrected chi connectivity index (χ4v) is 4.61. The molecule has 0 amide bonds. The third kappa shape index (κ3) is 2.05. The summed E-state index contributed by atoms with van der Waals surface area (Å²) >= 11 is 3.73. The summed E-state index contributed by atoms with van der Waals surface area (Å²) in [6, 6.07) is 0. The maximum Gasteiger partial charge on any atom is 0.237 e. The van der Waals surface area contributed by atoms with Crippen LogP contribution in [0.4, 0.5) is 0 Å². The van der Waals surface area contributed by atoms with Crippen molar-refractivity contribution in [3.8, 4) is 0 Å². The van der Waals surface area contributed by atoms with Gasteiger partial charge in [0.15, 0.2) is 11.9 Å². The SMILES string of the molecule is CO[C@]12CCCCCO/N=C3\O[C@H]([C@H]1Br)[C@](OC)(O2)C3(C)C. The first-order chi connectivity index (χ1) is 10.4. The summed E-state index contributed by atoms with van der Waals surface area (Å²) in [6.07, 6.45) is 3.38. The van der Waals surface area contributed by atoms with Crippen molar-refractivity contribution in [2.75, 3.05) is 20.8 Å². The zero-order chi connectivity index (χ0) is 16.0. The lowest BCUT2D eigenvalue weighted by Gasteiger charge is -2.38. The molecule has 2 fully saturated rings. The molecule has 6 nitrogen and oxygen atoms in total. The molecule has 0 aromatic rings. The highest BCUT2D eigenvalue weighted by molar-refractivity contribution is 9.09. The van der Waals surface area contributed by atoms with Gasteiger partial charge in [-0.05, 0) is 33.1 Å². The van der Waals surface area contributed by atoms with Crippen molar-refractivity contribution < 1.29 is 23.8 Å². The van der Waals surface area contributed by atoms with Crippen LogP contribution in [0.1, 0.15) is 39.5 Å². The first-order valence-corrected chi connectivity index (χ1v) is 8.67. The summed E-state index contributed by atoms with van der Waals surface area (Å²) in [5.74, 6) is -1.21. The summed E-state index contributed by atoms with van der Waals surface area (Å²) in [4.78, 5) is 5.26. The lowest BCUT2D eigenvalue weighted by molar-refractivity contribution is -0.333. The number of hydrogen-bond acceptors (Lipinski definition) is 6. The minimum atomic E-state index is -0.960. The number of nitrogens with zero attached hydrogens (tertiary/aromatic N) is 1. The largest absolute Gasteiger partial charge is 0.468 e. The third-order valence-corrected chi connectivity index (χ3v) is 6.26. The fraction of sp³-hybridized carbons (Fsp3) is 0.933. The summed E-state index contributed by atoms with van der Waals surface area (Å²) in [7, 11) is 3.31. The Labute approximate surface area is 139 Å². The van der Waals surface area contributed by atoms with Gasteiger partial charge in [-0.1, -0.05) is 21.1 Å². The second kappa shape index (κ2) is 5.61. The van der Waals surface area contributed by atoms with Crippen LogP contribution in [0.2, 0.25) is 0 Å². The molecule has 0 spiro atoms. The maximum atomic E-state index is 6.44. The predicted molar refractivity (Wildman–Crippen MR) is 83.8 cm³/mol. The summed E-state index contributed by atoms with van der Waals surface area (Å²) in [6.45, 7) is 4.58. The normalized spacial score (nSPS) is 46.1. The van der Waals surface area contributed by atoms with Gasteiger partial charge in [0.25, 0.3) is 0 Å². The van der Waals surface area contributed by atoms with Gasteiger partial charge in [-0.2, -0.15) is 0 Å². The van der Waals surface area contributed by atoms with Crippen LogP contribution in [-0.2, 0) is 23.8 Å². The van der Waals surface area contributed by atoms with E-state index >= 15 is 0 Å². The second-order valence-electron chi connectivity index (χ2n) is 6.60. The van der Waals surface area contributed by atoms with Crippen molar-refractivity contribution in [1.82, 2.24) is 0 Å². The quantitative estimate of drug-likeness (QED) is 0.692. The van der Waals surface area contributed by atoms with Crippen LogP contribution < -0.4 is 0 Å². The average Bonchev–Trinajstić information content (AvgIpc) is 2.87. The third-order valence-electron chi connectivity index (χ3n) is 5.09. The molecule has 0 aromatic carbocycles. The highest BCUT2D eigenvalue weighted by Crippen LogP contribution is 2.58. The van der Waals surface area contributed by atoms with Crippen LogP contribution in [0, 0.1) is 5.41 Å². The molecular formula is C15H24BrNO5.